The molecule has 102 valence electrons. The third-order valence-electron chi connectivity index (χ3n) is 2.84. The summed E-state index contributed by atoms with van der Waals surface area (Å²) in [7, 11) is 4.21. The van der Waals surface area contributed by atoms with Gasteiger partial charge >= 0.3 is 0 Å². The van der Waals surface area contributed by atoms with Crippen LogP contribution in [0.5, 0.6) is 0 Å². The third-order valence-corrected chi connectivity index (χ3v) is 3.62. The van der Waals surface area contributed by atoms with Gasteiger partial charge in [-0.2, -0.15) is 0 Å². The molecule has 1 rings (SSSR count). The van der Waals surface area contributed by atoms with E-state index in [2.05, 4.69) is 64.9 Å². The smallest absolute Gasteiger partial charge is 0.0494 e. The van der Waals surface area contributed by atoms with Crippen LogP contribution < -0.4 is 4.90 Å². The van der Waals surface area contributed by atoms with Crippen molar-refractivity contribution in [3.8, 4) is 0 Å². The number of hydrogen-bond donors (Lipinski definition) is 0. The summed E-state index contributed by atoms with van der Waals surface area (Å²) in [5, 5.41) is 0. The fourth-order valence-electron chi connectivity index (χ4n) is 1.91. The number of likely N-dealkylation sites (N-methyl/N-ethyl adjacent to an activating group) is 1. The largest absolute Gasteiger partial charge is 0.370 e. The first-order chi connectivity index (χ1) is 8.58. The van der Waals surface area contributed by atoms with Crippen LogP contribution in [-0.2, 0) is 5.88 Å². The molecule has 0 spiro atoms. The quantitative estimate of drug-likeness (QED) is 0.697. The Labute approximate surface area is 124 Å². The van der Waals surface area contributed by atoms with Crippen molar-refractivity contribution in [3.05, 3.63) is 28.2 Å². The molecule has 1 aromatic rings. The summed E-state index contributed by atoms with van der Waals surface area (Å²) < 4.78 is 1.09. The summed E-state index contributed by atoms with van der Waals surface area (Å²) in [5.41, 5.74) is 2.45. The van der Waals surface area contributed by atoms with Gasteiger partial charge in [0.05, 0.1) is 0 Å². The molecule has 0 amide bonds. The molecule has 0 saturated heterocycles. The molecular weight excluding hydrogens is 312 g/mol. The first-order valence-electron chi connectivity index (χ1n) is 6.32. The van der Waals surface area contributed by atoms with E-state index in [9.17, 15) is 0 Å². The minimum absolute atomic E-state index is 0.553. The number of hydrogen-bond acceptors (Lipinski definition) is 2. The minimum Gasteiger partial charge on any atom is -0.370 e. The number of rotatable bonds is 7. The third kappa shape index (κ3) is 4.79. The van der Waals surface area contributed by atoms with Crippen LogP contribution in [-0.4, -0.2) is 38.6 Å². The highest BCUT2D eigenvalue weighted by Gasteiger charge is 2.10. The fourth-order valence-corrected chi connectivity index (χ4v) is 2.54. The lowest BCUT2D eigenvalue weighted by molar-refractivity contribution is 0.413. The van der Waals surface area contributed by atoms with E-state index in [0.29, 0.717) is 5.88 Å². The highest BCUT2D eigenvalue weighted by Crippen LogP contribution is 2.26. The van der Waals surface area contributed by atoms with Gasteiger partial charge in [-0.3, -0.25) is 0 Å². The van der Waals surface area contributed by atoms with Crippen molar-refractivity contribution in [1.29, 1.82) is 0 Å². The topological polar surface area (TPSA) is 6.48 Å². The standard InChI is InChI=1S/C14H22BrClN2/c1-4-7-18(9-8-17(2)3)14-6-5-13(15)10-12(14)11-16/h5-6,10H,4,7-9,11H2,1-3H3. The lowest BCUT2D eigenvalue weighted by Gasteiger charge is -2.28. The Hall–Kier alpha value is -0.250. The Morgan fingerprint density at radius 2 is 1.89 bits per heavy atom. The Morgan fingerprint density at radius 1 is 1.17 bits per heavy atom. The summed E-state index contributed by atoms with van der Waals surface area (Å²) >= 11 is 9.56. The Balaban J connectivity index is 2.89. The van der Waals surface area contributed by atoms with E-state index in [1.165, 1.54) is 11.3 Å². The molecule has 0 saturated carbocycles. The number of benzene rings is 1. The second-order valence-corrected chi connectivity index (χ2v) is 5.88. The molecule has 4 heteroatoms. The maximum atomic E-state index is 6.05. The van der Waals surface area contributed by atoms with Crippen LogP contribution in [0.3, 0.4) is 0 Å². The number of nitrogens with zero attached hydrogens (tertiary/aromatic N) is 2. The molecule has 0 aliphatic heterocycles. The zero-order chi connectivity index (χ0) is 13.5. The Bertz CT molecular complexity index is 369. The Morgan fingerprint density at radius 3 is 2.44 bits per heavy atom. The zero-order valence-electron chi connectivity index (χ0n) is 11.4. The maximum Gasteiger partial charge on any atom is 0.0494 e. The van der Waals surface area contributed by atoms with Crippen molar-refractivity contribution >= 4 is 33.2 Å². The van der Waals surface area contributed by atoms with Crippen LogP contribution in [0.2, 0.25) is 0 Å². The first kappa shape index (κ1) is 15.8. The van der Waals surface area contributed by atoms with Crippen LogP contribution in [0, 0.1) is 0 Å². The van der Waals surface area contributed by atoms with E-state index in [-0.39, 0.29) is 0 Å². The molecular formula is C14H22BrClN2. The van der Waals surface area contributed by atoms with Gasteiger partial charge < -0.3 is 9.80 Å². The summed E-state index contributed by atoms with van der Waals surface area (Å²) in [6.45, 7) is 5.37. The van der Waals surface area contributed by atoms with Gasteiger partial charge in [-0.25, -0.2) is 0 Å². The van der Waals surface area contributed by atoms with Crippen LogP contribution in [0.15, 0.2) is 22.7 Å². The van der Waals surface area contributed by atoms with Gasteiger partial charge in [-0.1, -0.05) is 22.9 Å². The average Bonchev–Trinajstić information content (AvgIpc) is 2.34. The fraction of sp³-hybridized carbons (Fsp3) is 0.571. The number of anilines is 1. The molecule has 0 bridgehead atoms. The van der Waals surface area contributed by atoms with Gasteiger partial charge in [0.25, 0.3) is 0 Å². The van der Waals surface area contributed by atoms with Gasteiger partial charge in [-0.15, -0.1) is 11.6 Å². The van der Waals surface area contributed by atoms with E-state index in [1.54, 1.807) is 0 Å². The highest BCUT2D eigenvalue weighted by atomic mass is 79.9. The van der Waals surface area contributed by atoms with Crippen LogP contribution >= 0.6 is 27.5 Å². The average molecular weight is 334 g/mol. The zero-order valence-corrected chi connectivity index (χ0v) is 13.8. The van der Waals surface area contributed by atoms with Crippen LogP contribution in [0.1, 0.15) is 18.9 Å². The molecule has 0 heterocycles. The summed E-state index contributed by atoms with van der Waals surface area (Å²) in [4.78, 5) is 4.63. The predicted molar refractivity (Wildman–Crippen MR) is 84.8 cm³/mol. The van der Waals surface area contributed by atoms with E-state index in [0.717, 1.165) is 30.5 Å². The molecule has 0 N–H and O–H groups in total. The van der Waals surface area contributed by atoms with Crippen LogP contribution in [0.25, 0.3) is 0 Å². The second kappa shape index (κ2) is 8.03. The molecule has 1 aromatic carbocycles. The normalized spacial score (nSPS) is 11.0. The SMILES string of the molecule is CCCN(CCN(C)C)c1ccc(Br)cc1CCl. The molecule has 0 radical (unpaired) electrons. The van der Waals surface area contributed by atoms with Gasteiger partial charge in [0.2, 0.25) is 0 Å². The van der Waals surface area contributed by atoms with Crippen molar-refractivity contribution in [2.45, 2.75) is 19.2 Å². The lowest BCUT2D eigenvalue weighted by atomic mass is 10.1. The molecule has 0 unspecified atom stereocenters. The van der Waals surface area contributed by atoms with E-state index in [1.807, 2.05) is 0 Å². The minimum atomic E-state index is 0.553. The van der Waals surface area contributed by atoms with Crippen molar-refractivity contribution in [3.63, 3.8) is 0 Å². The van der Waals surface area contributed by atoms with Crippen molar-refractivity contribution in [2.24, 2.45) is 0 Å². The van der Waals surface area contributed by atoms with Crippen molar-refractivity contribution in [1.82, 2.24) is 4.90 Å². The monoisotopic (exact) mass is 332 g/mol. The number of halogens is 2. The Kier molecular flexibility index (Phi) is 7.05. The number of alkyl halides is 1. The van der Waals surface area contributed by atoms with Gasteiger partial charge in [0.15, 0.2) is 0 Å². The first-order valence-corrected chi connectivity index (χ1v) is 7.65. The summed E-state index contributed by atoms with van der Waals surface area (Å²) in [5.74, 6) is 0.553. The lowest BCUT2D eigenvalue weighted by Crippen LogP contribution is -2.32. The summed E-state index contributed by atoms with van der Waals surface area (Å²) in [6.07, 6.45) is 1.14. The maximum absolute atomic E-state index is 6.05. The molecule has 0 aromatic heterocycles. The van der Waals surface area contributed by atoms with Gasteiger partial charge in [0.1, 0.15) is 0 Å². The van der Waals surface area contributed by atoms with Gasteiger partial charge in [0, 0.05) is 35.7 Å². The van der Waals surface area contributed by atoms with Crippen LogP contribution in [0.4, 0.5) is 5.69 Å². The molecule has 2 nitrogen and oxygen atoms in total. The highest BCUT2D eigenvalue weighted by molar-refractivity contribution is 9.10. The molecule has 18 heavy (non-hydrogen) atoms. The van der Waals surface area contributed by atoms with Gasteiger partial charge in [-0.05, 0) is 44.3 Å². The molecule has 0 fully saturated rings. The van der Waals surface area contributed by atoms with E-state index < -0.39 is 0 Å². The van der Waals surface area contributed by atoms with Crippen molar-refractivity contribution < 1.29 is 0 Å². The van der Waals surface area contributed by atoms with E-state index >= 15 is 0 Å². The molecule has 0 aliphatic rings. The predicted octanol–water partition coefficient (Wildman–Crippen LogP) is 3.97. The molecule has 0 atom stereocenters. The van der Waals surface area contributed by atoms with Crippen molar-refractivity contribution in [2.75, 3.05) is 38.6 Å². The molecule has 0 aliphatic carbocycles. The second-order valence-electron chi connectivity index (χ2n) is 4.70. The summed E-state index contributed by atoms with van der Waals surface area (Å²) in [6, 6.07) is 6.36. The van der Waals surface area contributed by atoms with E-state index in [4.69, 9.17) is 11.6 Å².